The molecule has 10 heteroatoms. The van der Waals surface area contributed by atoms with Gasteiger partial charge in [-0.15, -0.1) is 0 Å². The number of ether oxygens (including phenoxy) is 4. The third-order valence-electron chi connectivity index (χ3n) is 11.9. The van der Waals surface area contributed by atoms with Crippen molar-refractivity contribution in [3.8, 4) is 0 Å². The van der Waals surface area contributed by atoms with Crippen LogP contribution in [0.4, 0.5) is 0 Å². The predicted molar refractivity (Wildman–Crippen MR) is 243 cm³/mol. The van der Waals surface area contributed by atoms with E-state index in [0.29, 0.717) is 6.42 Å². The summed E-state index contributed by atoms with van der Waals surface area (Å²) in [5, 5.41) is 40.1. The molecule has 1 rings (SSSR count). The first-order chi connectivity index (χ1) is 29.3. The van der Waals surface area contributed by atoms with Crippen LogP contribution in [0.2, 0.25) is 0 Å². The second-order valence-corrected chi connectivity index (χ2v) is 17.6. The summed E-state index contributed by atoms with van der Waals surface area (Å²) in [5.74, 6) is -0.804. The van der Waals surface area contributed by atoms with Crippen molar-refractivity contribution in [3.63, 3.8) is 0 Å². The number of carbonyl (C=O) groups is 2. The first-order valence-corrected chi connectivity index (χ1v) is 25.3. The van der Waals surface area contributed by atoms with E-state index in [2.05, 4.69) is 26.0 Å². The van der Waals surface area contributed by atoms with Crippen molar-refractivity contribution in [1.82, 2.24) is 0 Å². The van der Waals surface area contributed by atoms with Crippen LogP contribution in [-0.2, 0) is 28.5 Å². The fraction of sp³-hybridized carbons (Fsp3) is 0.920. The number of aliphatic hydroxyl groups excluding tert-OH is 4. The van der Waals surface area contributed by atoms with Crippen molar-refractivity contribution in [1.29, 1.82) is 0 Å². The van der Waals surface area contributed by atoms with Crippen LogP contribution in [0.15, 0.2) is 12.2 Å². The highest BCUT2D eigenvalue weighted by Gasteiger charge is 2.44. The normalized spacial score (nSPS) is 19.9. The van der Waals surface area contributed by atoms with Gasteiger partial charge in [-0.3, -0.25) is 9.59 Å². The summed E-state index contributed by atoms with van der Waals surface area (Å²) < 4.78 is 22.2. The van der Waals surface area contributed by atoms with Crippen LogP contribution in [0.1, 0.15) is 239 Å². The fourth-order valence-corrected chi connectivity index (χ4v) is 7.89. The van der Waals surface area contributed by atoms with Gasteiger partial charge in [0.2, 0.25) is 0 Å². The van der Waals surface area contributed by atoms with E-state index in [0.717, 1.165) is 57.8 Å². The molecule has 6 unspecified atom stereocenters. The molecule has 0 amide bonds. The highest BCUT2D eigenvalue weighted by Crippen LogP contribution is 2.23. The Hall–Kier alpha value is -1.56. The van der Waals surface area contributed by atoms with Gasteiger partial charge in [0.15, 0.2) is 12.4 Å². The van der Waals surface area contributed by atoms with Crippen molar-refractivity contribution in [2.24, 2.45) is 0 Å². The summed E-state index contributed by atoms with van der Waals surface area (Å²) >= 11 is 0. The topological polar surface area (TPSA) is 152 Å². The second kappa shape index (κ2) is 41.5. The molecule has 60 heavy (non-hydrogen) atoms. The molecule has 0 saturated carbocycles. The highest BCUT2D eigenvalue weighted by molar-refractivity contribution is 5.70. The number of rotatable bonds is 43. The Balaban J connectivity index is 2.20. The average molecular weight is 855 g/mol. The number of allylic oxidation sites excluding steroid dienone is 2. The van der Waals surface area contributed by atoms with Gasteiger partial charge in [-0.25, -0.2) is 0 Å². The molecular weight excluding hydrogens is 761 g/mol. The molecule has 0 aromatic carbocycles. The van der Waals surface area contributed by atoms with Gasteiger partial charge < -0.3 is 39.4 Å². The third-order valence-corrected chi connectivity index (χ3v) is 11.9. The van der Waals surface area contributed by atoms with Crippen molar-refractivity contribution >= 4 is 11.9 Å². The van der Waals surface area contributed by atoms with Crippen LogP contribution in [0.25, 0.3) is 0 Å². The number of carbonyl (C=O) groups excluding carboxylic acids is 2. The van der Waals surface area contributed by atoms with Crippen molar-refractivity contribution < 1.29 is 49.0 Å². The molecule has 0 bridgehead atoms. The molecule has 10 nitrogen and oxygen atoms in total. The minimum atomic E-state index is -1.59. The lowest BCUT2D eigenvalue weighted by molar-refractivity contribution is -0.305. The van der Waals surface area contributed by atoms with Crippen LogP contribution in [-0.4, -0.2) is 89.0 Å². The number of esters is 2. The van der Waals surface area contributed by atoms with E-state index < -0.39 is 49.4 Å². The summed E-state index contributed by atoms with van der Waals surface area (Å²) in [6.07, 6.45) is 38.0. The number of unbranched alkanes of at least 4 members (excludes halogenated alkanes) is 30. The summed E-state index contributed by atoms with van der Waals surface area (Å²) in [4.78, 5) is 25.4. The molecular formula is C50H94O10. The molecule has 1 heterocycles. The molecule has 0 spiro atoms. The van der Waals surface area contributed by atoms with Crippen LogP contribution in [0.3, 0.4) is 0 Å². The molecule has 1 fully saturated rings. The van der Waals surface area contributed by atoms with Gasteiger partial charge in [0.05, 0.1) is 13.2 Å². The lowest BCUT2D eigenvalue weighted by Gasteiger charge is -2.39. The average Bonchev–Trinajstić information content (AvgIpc) is 3.25. The Morgan fingerprint density at radius 2 is 0.883 bits per heavy atom. The summed E-state index contributed by atoms with van der Waals surface area (Å²) in [6.45, 7) is 3.42. The maximum absolute atomic E-state index is 12.8. The van der Waals surface area contributed by atoms with E-state index in [9.17, 15) is 30.0 Å². The Bertz CT molecular complexity index is 990. The van der Waals surface area contributed by atoms with Gasteiger partial charge in [0, 0.05) is 12.8 Å². The minimum Gasteiger partial charge on any atom is -0.462 e. The molecule has 0 aromatic rings. The maximum Gasteiger partial charge on any atom is 0.306 e. The second-order valence-electron chi connectivity index (χ2n) is 17.6. The standard InChI is InChI=1S/C50H94O10/c1-3-5-7-9-11-13-15-17-18-19-20-21-22-23-24-25-26-27-29-30-32-34-36-38-45(52)57-41-43(42-58-50-49(56)48(55)47(54)44(40-51)60-50)59-46(53)39-37-35-33-31-28-16-14-12-10-8-6-4-2/h12,14,43-44,47-51,54-56H,3-11,13,15-42H2,1-2H3/b14-12-. The van der Waals surface area contributed by atoms with Gasteiger partial charge in [-0.1, -0.05) is 199 Å². The zero-order valence-corrected chi connectivity index (χ0v) is 38.7. The smallest absolute Gasteiger partial charge is 0.306 e. The van der Waals surface area contributed by atoms with Crippen molar-refractivity contribution in [3.05, 3.63) is 12.2 Å². The Kier molecular flexibility index (Phi) is 39.0. The van der Waals surface area contributed by atoms with E-state index in [4.69, 9.17) is 18.9 Å². The Morgan fingerprint density at radius 3 is 1.33 bits per heavy atom. The van der Waals surface area contributed by atoms with Crippen molar-refractivity contribution in [2.75, 3.05) is 19.8 Å². The van der Waals surface area contributed by atoms with E-state index in [-0.39, 0.29) is 32.0 Å². The van der Waals surface area contributed by atoms with Gasteiger partial charge in [-0.2, -0.15) is 0 Å². The summed E-state index contributed by atoms with van der Waals surface area (Å²) in [6, 6.07) is 0. The molecule has 0 radical (unpaired) electrons. The SMILES string of the molecule is CCCCC/C=C\CCCCCCCC(=O)OC(COC(=O)CCCCCCCCCCCCCCCCCCCCCCCCC)COC1OC(CO)C(O)C(O)C1O. The minimum absolute atomic E-state index is 0.215. The van der Waals surface area contributed by atoms with Gasteiger partial charge >= 0.3 is 11.9 Å². The third kappa shape index (κ3) is 32.2. The van der Waals surface area contributed by atoms with Crippen molar-refractivity contribution in [2.45, 2.75) is 275 Å². The molecule has 0 aromatic heterocycles. The van der Waals surface area contributed by atoms with Crippen LogP contribution >= 0.6 is 0 Å². The molecule has 0 aliphatic carbocycles. The molecule has 1 aliphatic heterocycles. The zero-order chi connectivity index (χ0) is 43.7. The largest absolute Gasteiger partial charge is 0.462 e. The van der Waals surface area contributed by atoms with Gasteiger partial charge in [-0.05, 0) is 38.5 Å². The van der Waals surface area contributed by atoms with E-state index >= 15 is 0 Å². The molecule has 354 valence electrons. The highest BCUT2D eigenvalue weighted by atomic mass is 16.7. The van der Waals surface area contributed by atoms with Gasteiger partial charge in [0.25, 0.3) is 0 Å². The Labute approximate surface area is 367 Å². The molecule has 1 saturated heterocycles. The van der Waals surface area contributed by atoms with Crippen LogP contribution in [0, 0.1) is 0 Å². The van der Waals surface area contributed by atoms with Gasteiger partial charge in [0.1, 0.15) is 31.0 Å². The van der Waals surface area contributed by atoms with E-state index in [1.54, 1.807) is 0 Å². The lowest BCUT2D eigenvalue weighted by Crippen LogP contribution is -2.59. The number of hydrogen-bond acceptors (Lipinski definition) is 10. The molecule has 4 N–H and O–H groups in total. The zero-order valence-electron chi connectivity index (χ0n) is 38.7. The monoisotopic (exact) mass is 855 g/mol. The number of aliphatic hydroxyl groups is 4. The fourth-order valence-electron chi connectivity index (χ4n) is 7.89. The van der Waals surface area contributed by atoms with E-state index in [1.165, 1.54) is 148 Å². The molecule has 6 atom stereocenters. The maximum atomic E-state index is 12.8. The quantitative estimate of drug-likeness (QED) is 0.0265. The molecule has 1 aliphatic rings. The predicted octanol–water partition coefficient (Wildman–Crippen LogP) is 11.5. The first-order valence-electron chi connectivity index (χ1n) is 25.3. The van der Waals surface area contributed by atoms with Crippen LogP contribution in [0.5, 0.6) is 0 Å². The van der Waals surface area contributed by atoms with Crippen LogP contribution < -0.4 is 0 Å². The first kappa shape index (κ1) is 56.5. The summed E-state index contributed by atoms with van der Waals surface area (Å²) in [7, 11) is 0. The summed E-state index contributed by atoms with van der Waals surface area (Å²) in [5.41, 5.74) is 0. The lowest BCUT2D eigenvalue weighted by atomic mass is 9.99. The van der Waals surface area contributed by atoms with E-state index in [1.807, 2.05) is 0 Å². The Morgan fingerprint density at radius 1 is 0.500 bits per heavy atom. The number of hydrogen-bond donors (Lipinski definition) is 4.